The third-order valence-electron chi connectivity index (χ3n) is 5.28. The van der Waals surface area contributed by atoms with Crippen LogP contribution in [0.25, 0.3) is 0 Å². The standard InChI is InChI=1S/C20H20FN3O4S/c21-15-8-4-5-9-18(15)29(27,28)23-10-11-24-17(13-23)19(25)22-16(20(24)26)12-14-6-2-1-3-7-14/h1-9,16-17H,10-13H2,(H,22,25)/t16-,17-/m1/s1. The van der Waals surface area contributed by atoms with Crippen LogP contribution < -0.4 is 5.32 Å². The van der Waals surface area contributed by atoms with E-state index in [-0.39, 0.29) is 25.5 Å². The van der Waals surface area contributed by atoms with Crippen molar-refractivity contribution in [3.63, 3.8) is 0 Å². The number of benzene rings is 2. The summed E-state index contributed by atoms with van der Waals surface area (Å²) in [6.45, 7) is -0.119. The van der Waals surface area contributed by atoms with Crippen LogP contribution in [0.5, 0.6) is 0 Å². The average molecular weight is 417 g/mol. The molecule has 2 saturated heterocycles. The molecule has 2 heterocycles. The Balaban J connectivity index is 1.52. The van der Waals surface area contributed by atoms with Gasteiger partial charge in [-0.1, -0.05) is 42.5 Å². The SMILES string of the molecule is O=C1N[C@H](Cc2ccccc2)C(=O)N2CCN(S(=O)(=O)c3ccccc3F)C[C@H]12. The number of rotatable bonds is 4. The van der Waals surface area contributed by atoms with Gasteiger partial charge in [-0.25, -0.2) is 12.8 Å². The van der Waals surface area contributed by atoms with Gasteiger partial charge < -0.3 is 10.2 Å². The van der Waals surface area contributed by atoms with Crippen LogP contribution in [0.4, 0.5) is 4.39 Å². The average Bonchev–Trinajstić information content (AvgIpc) is 2.72. The Kier molecular flexibility index (Phi) is 5.10. The number of nitrogens with zero attached hydrogens (tertiary/aromatic N) is 2. The Morgan fingerprint density at radius 2 is 1.69 bits per heavy atom. The zero-order chi connectivity index (χ0) is 20.6. The molecule has 0 aliphatic carbocycles. The number of sulfonamides is 1. The van der Waals surface area contributed by atoms with Crippen molar-refractivity contribution in [1.82, 2.24) is 14.5 Å². The zero-order valence-corrected chi connectivity index (χ0v) is 16.3. The van der Waals surface area contributed by atoms with Gasteiger partial charge in [-0.3, -0.25) is 9.59 Å². The lowest BCUT2D eigenvalue weighted by atomic mass is 9.99. The molecule has 0 radical (unpaired) electrons. The van der Waals surface area contributed by atoms with Crippen LogP contribution in [-0.4, -0.2) is 61.2 Å². The summed E-state index contributed by atoms with van der Waals surface area (Å²) < 4.78 is 40.7. The molecule has 0 saturated carbocycles. The highest BCUT2D eigenvalue weighted by atomic mass is 32.2. The molecule has 7 nitrogen and oxygen atoms in total. The van der Waals surface area contributed by atoms with E-state index >= 15 is 0 Å². The largest absolute Gasteiger partial charge is 0.342 e. The maximum absolute atomic E-state index is 14.0. The molecule has 2 fully saturated rings. The predicted molar refractivity (Wildman–Crippen MR) is 103 cm³/mol. The monoisotopic (exact) mass is 417 g/mol. The molecule has 4 rings (SSSR count). The number of hydrogen-bond donors (Lipinski definition) is 1. The fourth-order valence-electron chi connectivity index (χ4n) is 3.78. The Morgan fingerprint density at radius 1 is 1.00 bits per heavy atom. The summed E-state index contributed by atoms with van der Waals surface area (Å²) in [4.78, 5) is 26.5. The van der Waals surface area contributed by atoms with Gasteiger partial charge in [0.15, 0.2) is 0 Å². The van der Waals surface area contributed by atoms with E-state index in [0.29, 0.717) is 6.42 Å². The maximum Gasteiger partial charge on any atom is 0.246 e. The molecule has 2 aromatic carbocycles. The van der Waals surface area contributed by atoms with E-state index in [1.807, 2.05) is 30.3 Å². The summed E-state index contributed by atoms with van der Waals surface area (Å²) in [6, 6.07) is 12.9. The summed E-state index contributed by atoms with van der Waals surface area (Å²) in [5.74, 6) is -1.48. The summed E-state index contributed by atoms with van der Waals surface area (Å²) >= 11 is 0. The number of amides is 2. The van der Waals surface area contributed by atoms with Crippen LogP contribution >= 0.6 is 0 Å². The molecular formula is C20H20FN3O4S. The van der Waals surface area contributed by atoms with E-state index in [1.54, 1.807) is 0 Å². The predicted octanol–water partition coefficient (Wildman–Crippen LogP) is 0.768. The van der Waals surface area contributed by atoms with Crippen molar-refractivity contribution in [3.05, 3.63) is 66.0 Å². The molecule has 2 aromatic rings. The fourth-order valence-corrected chi connectivity index (χ4v) is 5.28. The van der Waals surface area contributed by atoms with E-state index in [1.165, 1.54) is 23.1 Å². The highest BCUT2D eigenvalue weighted by molar-refractivity contribution is 7.89. The maximum atomic E-state index is 14.0. The molecular weight excluding hydrogens is 397 g/mol. The Morgan fingerprint density at radius 3 is 2.41 bits per heavy atom. The normalized spacial score (nSPS) is 22.9. The lowest BCUT2D eigenvalue weighted by Crippen LogP contribution is -2.69. The van der Waals surface area contributed by atoms with Crippen LogP contribution in [0.3, 0.4) is 0 Å². The first kappa shape index (κ1) is 19.5. The topological polar surface area (TPSA) is 86.8 Å². The highest BCUT2D eigenvalue weighted by Gasteiger charge is 2.46. The quantitative estimate of drug-likeness (QED) is 0.796. The first-order valence-corrected chi connectivity index (χ1v) is 10.7. The Bertz CT molecular complexity index is 1040. The third-order valence-corrected chi connectivity index (χ3v) is 7.18. The second-order valence-electron chi connectivity index (χ2n) is 7.09. The molecule has 0 bridgehead atoms. The molecule has 0 aromatic heterocycles. The van der Waals surface area contributed by atoms with Crippen molar-refractivity contribution in [2.45, 2.75) is 23.4 Å². The molecule has 0 spiro atoms. The van der Waals surface area contributed by atoms with Gasteiger partial charge in [-0.2, -0.15) is 4.31 Å². The summed E-state index contributed by atoms with van der Waals surface area (Å²) in [5.41, 5.74) is 0.922. The van der Waals surface area contributed by atoms with Gasteiger partial charge in [0.05, 0.1) is 0 Å². The molecule has 2 aliphatic heterocycles. The van der Waals surface area contributed by atoms with Gasteiger partial charge in [0, 0.05) is 26.1 Å². The van der Waals surface area contributed by atoms with Gasteiger partial charge in [-0.05, 0) is 17.7 Å². The first-order chi connectivity index (χ1) is 13.9. The lowest BCUT2D eigenvalue weighted by molar-refractivity contribution is -0.151. The Labute approximate surface area is 168 Å². The number of carbonyl (C=O) groups is 2. The van der Waals surface area contributed by atoms with E-state index in [2.05, 4.69) is 5.32 Å². The van der Waals surface area contributed by atoms with E-state index in [4.69, 9.17) is 0 Å². The second kappa shape index (κ2) is 7.57. The van der Waals surface area contributed by atoms with Crippen molar-refractivity contribution < 1.29 is 22.4 Å². The van der Waals surface area contributed by atoms with Gasteiger partial charge >= 0.3 is 0 Å². The summed E-state index contributed by atoms with van der Waals surface area (Å²) in [5, 5.41) is 2.71. The molecule has 2 amide bonds. The van der Waals surface area contributed by atoms with Gasteiger partial charge in [0.25, 0.3) is 0 Å². The van der Waals surface area contributed by atoms with Gasteiger partial charge in [0.2, 0.25) is 21.8 Å². The molecule has 2 aliphatic rings. The van der Waals surface area contributed by atoms with Crippen molar-refractivity contribution in [2.24, 2.45) is 0 Å². The van der Waals surface area contributed by atoms with Crippen molar-refractivity contribution in [2.75, 3.05) is 19.6 Å². The zero-order valence-electron chi connectivity index (χ0n) is 15.5. The van der Waals surface area contributed by atoms with Crippen LogP contribution in [0.1, 0.15) is 5.56 Å². The van der Waals surface area contributed by atoms with Gasteiger partial charge in [0.1, 0.15) is 22.8 Å². The first-order valence-electron chi connectivity index (χ1n) is 9.27. The number of hydrogen-bond acceptors (Lipinski definition) is 4. The minimum absolute atomic E-state index is 0.00421. The number of halogens is 1. The molecule has 2 atom stereocenters. The van der Waals surface area contributed by atoms with Crippen molar-refractivity contribution in [3.8, 4) is 0 Å². The third kappa shape index (κ3) is 3.63. The van der Waals surface area contributed by atoms with Crippen LogP contribution in [0.2, 0.25) is 0 Å². The smallest absolute Gasteiger partial charge is 0.246 e. The molecule has 0 unspecified atom stereocenters. The highest BCUT2D eigenvalue weighted by Crippen LogP contribution is 2.24. The Hall–Kier alpha value is -2.78. The van der Waals surface area contributed by atoms with Crippen LogP contribution in [0, 0.1) is 5.82 Å². The number of carbonyl (C=O) groups excluding carboxylic acids is 2. The molecule has 152 valence electrons. The minimum atomic E-state index is -4.11. The summed E-state index contributed by atoms with van der Waals surface area (Å²) in [6.07, 6.45) is 0.367. The van der Waals surface area contributed by atoms with Crippen molar-refractivity contribution in [1.29, 1.82) is 0 Å². The van der Waals surface area contributed by atoms with Gasteiger partial charge in [-0.15, -0.1) is 0 Å². The van der Waals surface area contributed by atoms with E-state index in [0.717, 1.165) is 15.9 Å². The van der Waals surface area contributed by atoms with Crippen molar-refractivity contribution >= 4 is 21.8 Å². The summed E-state index contributed by atoms with van der Waals surface area (Å²) in [7, 11) is -4.11. The van der Waals surface area contributed by atoms with E-state index < -0.39 is 38.7 Å². The van der Waals surface area contributed by atoms with Crippen LogP contribution in [-0.2, 0) is 26.0 Å². The number of piperazine rings is 2. The second-order valence-corrected chi connectivity index (χ2v) is 9.00. The van der Waals surface area contributed by atoms with Crippen LogP contribution in [0.15, 0.2) is 59.5 Å². The van der Waals surface area contributed by atoms with E-state index in [9.17, 15) is 22.4 Å². The fraction of sp³-hybridized carbons (Fsp3) is 0.300. The number of nitrogens with one attached hydrogen (secondary N) is 1. The lowest BCUT2D eigenvalue weighted by Gasteiger charge is -2.44. The molecule has 29 heavy (non-hydrogen) atoms. The molecule has 9 heteroatoms. The molecule has 1 N–H and O–H groups in total. The minimum Gasteiger partial charge on any atom is -0.342 e. The number of fused-ring (bicyclic) bond motifs is 1.